The van der Waals surface area contributed by atoms with Crippen molar-refractivity contribution in [1.82, 2.24) is 0 Å². The minimum atomic E-state index is -4.31. The largest absolute Gasteiger partial charge is 0.416 e. The number of halogens is 3. The first-order valence-corrected chi connectivity index (χ1v) is 5.83. The van der Waals surface area contributed by atoms with E-state index < -0.39 is 17.3 Å². The quantitative estimate of drug-likeness (QED) is 0.805. The summed E-state index contributed by atoms with van der Waals surface area (Å²) < 4.78 is 37.4. The average molecular weight is 257 g/mol. The van der Waals surface area contributed by atoms with Gasteiger partial charge >= 0.3 is 6.18 Å². The zero-order chi connectivity index (χ0) is 14.0. The van der Waals surface area contributed by atoms with Crippen molar-refractivity contribution in [3.63, 3.8) is 0 Å². The molecule has 4 heteroatoms. The van der Waals surface area contributed by atoms with Crippen LogP contribution < -0.4 is 5.73 Å². The summed E-state index contributed by atoms with van der Waals surface area (Å²) >= 11 is 0. The third-order valence-electron chi connectivity index (χ3n) is 3.14. The summed E-state index contributed by atoms with van der Waals surface area (Å²) in [4.78, 5) is 0. The van der Waals surface area contributed by atoms with Crippen LogP contribution in [0, 0.1) is 0 Å². The molecule has 0 bridgehead atoms. The van der Waals surface area contributed by atoms with Crippen LogP contribution in [0.25, 0.3) is 0 Å². The molecule has 0 aliphatic heterocycles. The van der Waals surface area contributed by atoms with E-state index in [1.807, 2.05) is 19.9 Å². The smallest absolute Gasteiger partial charge is 0.318 e. The molecule has 0 radical (unpaired) electrons. The highest BCUT2D eigenvalue weighted by Gasteiger charge is 2.31. The van der Waals surface area contributed by atoms with Crippen LogP contribution in [0.3, 0.4) is 0 Å². The maximum atomic E-state index is 12.5. The molecule has 0 aliphatic rings. The van der Waals surface area contributed by atoms with Crippen LogP contribution in [0.15, 0.2) is 35.9 Å². The molecule has 1 rings (SSSR count). The Labute approximate surface area is 105 Å². The predicted molar refractivity (Wildman–Crippen MR) is 67.0 cm³/mol. The summed E-state index contributed by atoms with van der Waals surface area (Å²) in [7, 11) is 0. The average Bonchev–Trinajstić information content (AvgIpc) is 2.28. The van der Waals surface area contributed by atoms with Crippen LogP contribution in [0.5, 0.6) is 0 Å². The van der Waals surface area contributed by atoms with Crippen molar-refractivity contribution >= 4 is 0 Å². The summed E-state index contributed by atoms with van der Waals surface area (Å²) in [6, 6.07) is 5.02. The fourth-order valence-corrected chi connectivity index (χ4v) is 1.75. The molecular formula is C14H18F3N. The highest BCUT2D eigenvalue weighted by Crippen LogP contribution is 2.32. The molecule has 0 aliphatic carbocycles. The van der Waals surface area contributed by atoms with E-state index in [9.17, 15) is 13.2 Å². The van der Waals surface area contributed by atoms with Crippen molar-refractivity contribution in [2.75, 3.05) is 0 Å². The normalized spacial score (nSPS) is 16.5. The highest BCUT2D eigenvalue weighted by atomic mass is 19.4. The van der Waals surface area contributed by atoms with Crippen LogP contribution in [-0.4, -0.2) is 0 Å². The minimum Gasteiger partial charge on any atom is -0.318 e. The Hall–Kier alpha value is -1.29. The van der Waals surface area contributed by atoms with Gasteiger partial charge in [0.1, 0.15) is 0 Å². The molecule has 1 atom stereocenters. The molecule has 2 N–H and O–H groups in total. The summed E-state index contributed by atoms with van der Waals surface area (Å²) in [5, 5.41) is 0. The molecule has 1 aromatic carbocycles. The predicted octanol–water partition coefficient (Wildman–Crippen LogP) is 4.24. The van der Waals surface area contributed by atoms with Crippen molar-refractivity contribution in [3.8, 4) is 0 Å². The second kappa shape index (κ2) is 5.14. The van der Waals surface area contributed by atoms with E-state index in [-0.39, 0.29) is 0 Å². The number of hydrogen-bond donors (Lipinski definition) is 1. The zero-order valence-electron chi connectivity index (χ0n) is 10.8. The Morgan fingerprint density at radius 1 is 1.17 bits per heavy atom. The van der Waals surface area contributed by atoms with E-state index >= 15 is 0 Å². The fraction of sp³-hybridized carbons (Fsp3) is 0.429. The van der Waals surface area contributed by atoms with Gasteiger partial charge in [0.15, 0.2) is 0 Å². The maximum Gasteiger partial charge on any atom is 0.416 e. The first-order valence-electron chi connectivity index (χ1n) is 5.83. The third kappa shape index (κ3) is 3.13. The van der Waals surface area contributed by atoms with Gasteiger partial charge in [0, 0.05) is 0 Å². The van der Waals surface area contributed by atoms with E-state index in [2.05, 4.69) is 0 Å². The molecule has 0 heterocycles. The number of hydrogen-bond acceptors (Lipinski definition) is 1. The highest BCUT2D eigenvalue weighted by molar-refractivity contribution is 5.35. The van der Waals surface area contributed by atoms with Crippen LogP contribution in [-0.2, 0) is 11.7 Å². The molecule has 0 saturated heterocycles. The van der Waals surface area contributed by atoms with Crippen LogP contribution >= 0.6 is 0 Å². The molecule has 0 aromatic heterocycles. The molecule has 0 amide bonds. The summed E-state index contributed by atoms with van der Waals surface area (Å²) in [6.45, 7) is 5.69. The lowest BCUT2D eigenvalue weighted by atomic mass is 9.85. The molecule has 1 unspecified atom stereocenters. The van der Waals surface area contributed by atoms with Crippen molar-refractivity contribution in [1.29, 1.82) is 0 Å². The number of rotatable bonds is 3. The van der Waals surface area contributed by atoms with Crippen LogP contribution in [0.2, 0.25) is 0 Å². The Kier molecular flexibility index (Phi) is 4.22. The van der Waals surface area contributed by atoms with Gasteiger partial charge in [0.25, 0.3) is 0 Å². The van der Waals surface area contributed by atoms with Gasteiger partial charge in [-0.3, -0.25) is 0 Å². The third-order valence-corrected chi connectivity index (χ3v) is 3.14. The van der Waals surface area contributed by atoms with E-state index in [1.165, 1.54) is 12.1 Å². The van der Waals surface area contributed by atoms with Gasteiger partial charge in [-0.1, -0.05) is 30.7 Å². The summed E-state index contributed by atoms with van der Waals surface area (Å²) in [5.74, 6) is 0. The minimum absolute atomic E-state index is 0.654. The topological polar surface area (TPSA) is 26.0 Å². The molecule has 0 fully saturated rings. The van der Waals surface area contributed by atoms with Gasteiger partial charge in [-0.05, 0) is 38.0 Å². The number of benzene rings is 1. The Balaban J connectivity index is 3.09. The number of allylic oxidation sites excluding steroid dienone is 1. The van der Waals surface area contributed by atoms with Gasteiger partial charge in [0.05, 0.1) is 11.1 Å². The molecule has 0 saturated carbocycles. The van der Waals surface area contributed by atoms with Gasteiger partial charge in [-0.15, -0.1) is 0 Å². The van der Waals surface area contributed by atoms with Crippen molar-refractivity contribution in [2.45, 2.75) is 38.9 Å². The van der Waals surface area contributed by atoms with Gasteiger partial charge < -0.3 is 5.73 Å². The molecule has 1 nitrogen and oxygen atoms in total. The summed E-state index contributed by atoms with van der Waals surface area (Å²) in [6.07, 6.45) is -1.48. The lowest BCUT2D eigenvalue weighted by Gasteiger charge is -2.27. The van der Waals surface area contributed by atoms with E-state index in [0.717, 1.165) is 24.1 Å². The second-order valence-electron chi connectivity index (χ2n) is 4.57. The standard InChI is InChI=1S/C14H18F3N/c1-4-5-10(2)13(3,18)11-6-8-12(9-7-11)14(15,16)17/h5-9H,4,18H2,1-3H3/b10-5+. The first-order chi connectivity index (χ1) is 8.19. The van der Waals surface area contributed by atoms with Crippen LogP contribution in [0.4, 0.5) is 13.2 Å². The van der Waals surface area contributed by atoms with Gasteiger partial charge in [-0.25, -0.2) is 0 Å². The van der Waals surface area contributed by atoms with Crippen LogP contribution in [0.1, 0.15) is 38.3 Å². The molecule has 0 spiro atoms. The van der Waals surface area contributed by atoms with Crippen molar-refractivity contribution in [2.24, 2.45) is 5.73 Å². The van der Waals surface area contributed by atoms with E-state index in [4.69, 9.17) is 5.73 Å². The lowest BCUT2D eigenvalue weighted by Crippen LogP contribution is -2.34. The Morgan fingerprint density at radius 3 is 2.00 bits per heavy atom. The number of nitrogens with two attached hydrogens (primary N) is 1. The lowest BCUT2D eigenvalue weighted by molar-refractivity contribution is -0.137. The maximum absolute atomic E-state index is 12.5. The van der Waals surface area contributed by atoms with Crippen molar-refractivity contribution < 1.29 is 13.2 Å². The summed E-state index contributed by atoms with van der Waals surface area (Å²) in [5.41, 5.74) is 6.41. The second-order valence-corrected chi connectivity index (χ2v) is 4.57. The fourth-order valence-electron chi connectivity index (χ4n) is 1.75. The Bertz CT molecular complexity index is 427. The molecular weight excluding hydrogens is 239 g/mol. The first kappa shape index (κ1) is 14.8. The SMILES string of the molecule is CC/C=C(\C)C(C)(N)c1ccc(C(F)(F)F)cc1. The van der Waals surface area contributed by atoms with E-state index in [1.54, 1.807) is 6.92 Å². The van der Waals surface area contributed by atoms with Gasteiger partial charge in [-0.2, -0.15) is 13.2 Å². The zero-order valence-corrected chi connectivity index (χ0v) is 10.8. The molecule has 100 valence electrons. The number of alkyl halides is 3. The molecule has 1 aromatic rings. The monoisotopic (exact) mass is 257 g/mol. The molecule has 18 heavy (non-hydrogen) atoms. The Morgan fingerprint density at radius 2 is 1.61 bits per heavy atom. The van der Waals surface area contributed by atoms with Gasteiger partial charge in [0.2, 0.25) is 0 Å². The van der Waals surface area contributed by atoms with Crippen molar-refractivity contribution in [3.05, 3.63) is 47.0 Å². The van der Waals surface area contributed by atoms with E-state index in [0.29, 0.717) is 5.56 Å².